The van der Waals surface area contributed by atoms with Crippen LogP contribution in [0.15, 0.2) is 28.1 Å². The summed E-state index contributed by atoms with van der Waals surface area (Å²) in [5, 5.41) is 3.29. The summed E-state index contributed by atoms with van der Waals surface area (Å²) in [6.45, 7) is 5.83. The van der Waals surface area contributed by atoms with Gasteiger partial charge in [-0.2, -0.15) is 0 Å². The molecule has 0 radical (unpaired) electrons. The molecule has 0 saturated heterocycles. The van der Waals surface area contributed by atoms with Crippen molar-refractivity contribution >= 4 is 34.1 Å². The van der Waals surface area contributed by atoms with E-state index in [1.54, 1.807) is 37.6 Å². The van der Waals surface area contributed by atoms with Crippen molar-refractivity contribution in [2.45, 2.75) is 39.8 Å². The summed E-state index contributed by atoms with van der Waals surface area (Å²) in [7, 11) is 0. The van der Waals surface area contributed by atoms with E-state index >= 15 is 0 Å². The molecule has 142 valence electrons. The number of amides is 2. The van der Waals surface area contributed by atoms with E-state index in [0.29, 0.717) is 41.1 Å². The van der Waals surface area contributed by atoms with Gasteiger partial charge in [0.15, 0.2) is 0 Å². The monoisotopic (exact) mass is 387 g/mol. The molecule has 0 saturated carbocycles. The Morgan fingerprint density at radius 3 is 2.78 bits per heavy atom. The van der Waals surface area contributed by atoms with Crippen LogP contribution in [-0.4, -0.2) is 22.8 Å². The first-order valence-electron chi connectivity index (χ1n) is 8.55. The molecule has 0 aliphatic rings. The molecule has 7 nitrogen and oxygen atoms in total. The summed E-state index contributed by atoms with van der Waals surface area (Å²) in [5.41, 5.74) is 9.00. The van der Waals surface area contributed by atoms with Crippen molar-refractivity contribution in [3.63, 3.8) is 0 Å². The molecular formula is C19H21N3O4S. The Bertz CT molecular complexity index is 992. The van der Waals surface area contributed by atoms with Gasteiger partial charge in [-0.15, -0.1) is 11.3 Å². The SMILES string of the molecule is CC[C@H](NC(=O)c1c(C)oc2ccc(OCc3scnc3C)cc12)C(N)=O. The molecule has 2 amide bonds. The zero-order valence-electron chi connectivity index (χ0n) is 15.4. The molecule has 1 atom stereocenters. The highest BCUT2D eigenvalue weighted by molar-refractivity contribution is 7.09. The van der Waals surface area contributed by atoms with Crippen LogP contribution in [0, 0.1) is 13.8 Å². The van der Waals surface area contributed by atoms with Crippen LogP contribution in [-0.2, 0) is 11.4 Å². The molecule has 3 rings (SSSR count). The number of aromatic nitrogens is 1. The van der Waals surface area contributed by atoms with Crippen LogP contribution < -0.4 is 15.8 Å². The summed E-state index contributed by atoms with van der Waals surface area (Å²) >= 11 is 1.53. The van der Waals surface area contributed by atoms with Gasteiger partial charge in [0.2, 0.25) is 5.91 Å². The van der Waals surface area contributed by atoms with Crippen LogP contribution >= 0.6 is 11.3 Å². The molecule has 3 N–H and O–H groups in total. The summed E-state index contributed by atoms with van der Waals surface area (Å²) in [6, 6.07) is 4.60. The molecule has 0 fully saturated rings. The lowest BCUT2D eigenvalue weighted by molar-refractivity contribution is -0.119. The number of rotatable bonds is 7. The summed E-state index contributed by atoms with van der Waals surface area (Å²) in [5.74, 6) is 0.122. The van der Waals surface area contributed by atoms with Crippen molar-refractivity contribution in [2.75, 3.05) is 0 Å². The Balaban J connectivity index is 1.87. The van der Waals surface area contributed by atoms with Crippen LogP contribution in [0.2, 0.25) is 0 Å². The van der Waals surface area contributed by atoms with Gasteiger partial charge < -0.3 is 20.2 Å². The van der Waals surface area contributed by atoms with Gasteiger partial charge in [0.1, 0.15) is 29.7 Å². The minimum absolute atomic E-state index is 0.379. The van der Waals surface area contributed by atoms with Crippen molar-refractivity contribution < 1.29 is 18.7 Å². The summed E-state index contributed by atoms with van der Waals surface area (Å²) in [6.07, 6.45) is 0.415. The minimum Gasteiger partial charge on any atom is -0.488 e. The first kappa shape index (κ1) is 18.9. The second-order valence-electron chi connectivity index (χ2n) is 6.18. The van der Waals surface area contributed by atoms with Crippen LogP contribution in [0.4, 0.5) is 0 Å². The normalized spacial score (nSPS) is 12.1. The van der Waals surface area contributed by atoms with E-state index in [1.165, 1.54) is 11.3 Å². The number of furan rings is 1. The average Bonchev–Trinajstić information content (AvgIpc) is 3.18. The molecule has 0 aliphatic heterocycles. The van der Waals surface area contributed by atoms with E-state index in [0.717, 1.165) is 10.6 Å². The lowest BCUT2D eigenvalue weighted by Crippen LogP contribution is -2.44. The number of benzene rings is 1. The lowest BCUT2D eigenvalue weighted by atomic mass is 10.1. The average molecular weight is 387 g/mol. The molecule has 2 aromatic heterocycles. The van der Waals surface area contributed by atoms with E-state index in [2.05, 4.69) is 10.3 Å². The maximum atomic E-state index is 12.7. The molecule has 8 heteroatoms. The van der Waals surface area contributed by atoms with E-state index in [-0.39, 0.29) is 0 Å². The molecule has 2 heterocycles. The Morgan fingerprint density at radius 2 is 2.15 bits per heavy atom. The number of ether oxygens (including phenoxy) is 1. The van der Waals surface area contributed by atoms with E-state index in [4.69, 9.17) is 14.9 Å². The van der Waals surface area contributed by atoms with Gasteiger partial charge in [0.25, 0.3) is 5.91 Å². The van der Waals surface area contributed by atoms with Gasteiger partial charge in [-0.1, -0.05) is 6.92 Å². The fourth-order valence-electron chi connectivity index (χ4n) is 2.79. The van der Waals surface area contributed by atoms with Crippen LogP contribution in [0.3, 0.4) is 0 Å². The minimum atomic E-state index is -0.726. The molecular weight excluding hydrogens is 366 g/mol. The molecule has 0 spiro atoms. The number of hydrogen-bond acceptors (Lipinski definition) is 6. The number of aryl methyl sites for hydroxylation is 2. The predicted molar refractivity (Wildman–Crippen MR) is 103 cm³/mol. The second kappa shape index (κ2) is 7.79. The number of carbonyl (C=O) groups excluding carboxylic acids is 2. The number of hydrogen-bond donors (Lipinski definition) is 2. The molecule has 27 heavy (non-hydrogen) atoms. The number of thiazole rings is 1. The third-order valence-corrected chi connectivity index (χ3v) is 5.24. The molecule has 0 bridgehead atoms. The van der Waals surface area contributed by atoms with Gasteiger partial charge >= 0.3 is 0 Å². The number of fused-ring (bicyclic) bond motifs is 1. The first-order valence-corrected chi connectivity index (χ1v) is 9.43. The zero-order valence-corrected chi connectivity index (χ0v) is 16.2. The van der Waals surface area contributed by atoms with Crippen LogP contribution in [0.25, 0.3) is 11.0 Å². The fourth-order valence-corrected chi connectivity index (χ4v) is 3.48. The quantitative estimate of drug-likeness (QED) is 0.648. The number of primary amides is 1. The van der Waals surface area contributed by atoms with E-state index < -0.39 is 17.9 Å². The molecule has 1 aromatic carbocycles. The van der Waals surface area contributed by atoms with Crippen LogP contribution in [0.1, 0.15) is 40.0 Å². The Labute approximate surface area is 160 Å². The Hall–Kier alpha value is -2.87. The maximum Gasteiger partial charge on any atom is 0.256 e. The highest BCUT2D eigenvalue weighted by Crippen LogP contribution is 2.30. The van der Waals surface area contributed by atoms with Gasteiger partial charge in [-0.3, -0.25) is 9.59 Å². The summed E-state index contributed by atoms with van der Waals surface area (Å²) < 4.78 is 11.5. The third kappa shape index (κ3) is 3.95. The third-order valence-electron chi connectivity index (χ3n) is 4.33. The van der Waals surface area contributed by atoms with Gasteiger partial charge in [-0.05, 0) is 38.5 Å². The maximum absolute atomic E-state index is 12.7. The number of nitrogens with zero attached hydrogens (tertiary/aromatic N) is 1. The Morgan fingerprint density at radius 1 is 1.37 bits per heavy atom. The van der Waals surface area contributed by atoms with Gasteiger partial charge in [0, 0.05) is 5.39 Å². The number of nitrogens with one attached hydrogen (secondary N) is 1. The molecule has 0 unspecified atom stereocenters. The van der Waals surface area contributed by atoms with Gasteiger partial charge in [-0.25, -0.2) is 4.98 Å². The van der Waals surface area contributed by atoms with Crippen molar-refractivity contribution in [1.29, 1.82) is 0 Å². The van der Waals surface area contributed by atoms with Crippen molar-refractivity contribution in [1.82, 2.24) is 10.3 Å². The number of nitrogens with two attached hydrogens (primary N) is 1. The topological polar surface area (TPSA) is 107 Å². The van der Waals surface area contributed by atoms with Gasteiger partial charge in [0.05, 0.1) is 21.6 Å². The predicted octanol–water partition coefficient (Wildman–Crippen LogP) is 3.08. The molecule has 3 aromatic rings. The van der Waals surface area contributed by atoms with E-state index in [9.17, 15) is 9.59 Å². The molecule has 0 aliphatic carbocycles. The van der Waals surface area contributed by atoms with Crippen LogP contribution in [0.5, 0.6) is 5.75 Å². The smallest absolute Gasteiger partial charge is 0.256 e. The largest absolute Gasteiger partial charge is 0.488 e. The summed E-state index contributed by atoms with van der Waals surface area (Å²) in [4.78, 5) is 29.4. The first-order chi connectivity index (χ1) is 12.9. The van der Waals surface area contributed by atoms with Crippen molar-refractivity contribution in [3.05, 3.63) is 45.6 Å². The fraction of sp³-hybridized carbons (Fsp3) is 0.316. The lowest BCUT2D eigenvalue weighted by Gasteiger charge is -2.13. The van der Waals surface area contributed by atoms with Crippen molar-refractivity contribution in [3.8, 4) is 5.75 Å². The standard InChI is InChI=1S/C19H21N3O4S/c1-4-14(18(20)23)22-19(24)17-11(3)26-15-6-5-12(7-13(15)17)25-8-16-10(2)21-9-27-16/h5-7,9,14H,4,8H2,1-3H3,(H2,20,23)(H,22,24)/t14-/m0/s1. The Kier molecular flexibility index (Phi) is 5.46. The van der Waals surface area contributed by atoms with E-state index in [1.807, 2.05) is 6.92 Å². The highest BCUT2D eigenvalue weighted by atomic mass is 32.1. The van der Waals surface area contributed by atoms with Crippen molar-refractivity contribution in [2.24, 2.45) is 5.73 Å². The zero-order chi connectivity index (χ0) is 19.6. The second-order valence-corrected chi connectivity index (χ2v) is 7.12. The number of carbonyl (C=O) groups is 2. The highest BCUT2D eigenvalue weighted by Gasteiger charge is 2.23.